The molecule has 2 heterocycles. The number of nitriles is 1. The van der Waals surface area contributed by atoms with Gasteiger partial charge >= 0.3 is 0 Å². The number of carbonyl (C=O) groups excluding carboxylic acids is 1. The van der Waals surface area contributed by atoms with Crippen LogP contribution in [0, 0.1) is 23.1 Å². The summed E-state index contributed by atoms with van der Waals surface area (Å²) in [6.45, 7) is 1.93. The van der Waals surface area contributed by atoms with Crippen molar-refractivity contribution >= 4 is 15.9 Å². The number of piperidine rings is 1. The highest BCUT2D eigenvalue weighted by atomic mass is 32.2. The van der Waals surface area contributed by atoms with Gasteiger partial charge in [-0.2, -0.15) is 9.57 Å². The van der Waals surface area contributed by atoms with Crippen molar-refractivity contribution in [1.29, 1.82) is 5.26 Å². The Morgan fingerprint density at radius 2 is 2.08 bits per heavy atom. The average molecular weight is 512 g/mol. The normalized spacial score (nSPS) is 18.2. The van der Waals surface area contributed by atoms with Crippen LogP contribution in [-0.4, -0.2) is 46.4 Å². The molecule has 9 nitrogen and oxygen atoms in total. The summed E-state index contributed by atoms with van der Waals surface area (Å²) in [5, 5.41) is 21.8. The SMILES string of the molecule is Cn1cncc1C(C)(NC(=O)C1CCCN(S(=O)(=O)c2cccc(O)c2)C1)c1ccc(C#N)c(F)c1. The third-order valence-corrected chi connectivity index (χ3v) is 8.44. The first kappa shape index (κ1) is 25.3. The van der Waals surface area contributed by atoms with Gasteiger partial charge in [-0.3, -0.25) is 4.79 Å². The topological polar surface area (TPSA) is 128 Å². The van der Waals surface area contributed by atoms with Gasteiger partial charge in [0.05, 0.1) is 34.6 Å². The minimum Gasteiger partial charge on any atom is -0.508 e. The number of rotatable bonds is 6. The third-order valence-electron chi connectivity index (χ3n) is 6.58. The summed E-state index contributed by atoms with van der Waals surface area (Å²) in [6, 6.07) is 11.4. The maximum absolute atomic E-state index is 14.5. The number of phenolic OH excluding ortho intramolecular Hbond substituents is 1. The summed E-state index contributed by atoms with van der Waals surface area (Å²) >= 11 is 0. The number of sulfonamides is 1. The lowest BCUT2D eigenvalue weighted by Crippen LogP contribution is -2.51. The molecule has 11 heteroatoms. The van der Waals surface area contributed by atoms with Gasteiger partial charge in [0.2, 0.25) is 15.9 Å². The highest BCUT2D eigenvalue weighted by Crippen LogP contribution is 2.32. The lowest BCUT2D eigenvalue weighted by molar-refractivity contribution is -0.127. The van der Waals surface area contributed by atoms with Crippen LogP contribution >= 0.6 is 0 Å². The van der Waals surface area contributed by atoms with E-state index in [9.17, 15) is 22.7 Å². The van der Waals surface area contributed by atoms with Crippen molar-refractivity contribution in [3.63, 3.8) is 0 Å². The molecule has 0 aliphatic carbocycles. The first-order chi connectivity index (χ1) is 17.1. The molecule has 2 N–H and O–H groups in total. The summed E-state index contributed by atoms with van der Waals surface area (Å²) in [6.07, 6.45) is 4.07. The van der Waals surface area contributed by atoms with E-state index in [4.69, 9.17) is 5.26 Å². The van der Waals surface area contributed by atoms with Crippen molar-refractivity contribution in [2.24, 2.45) is 13.0 Å². The van der Waals surface area contributed by atoms with E-state index in [1.165, 1.54) is 40.7 Å². The molecule has 1 fully saturated rings. The number of nitrogens with one attached hydrogen (secondary N) is 1. The van der Waals surface area contributed by atoms with Gasteiger partial charge < -0.3 is 15.0 Å². The van der Waals surface area contributed by atoms with E-state index in [0.717, 1.165) is 0 Å². The Morgan fingerprint density at radius 1 is 1.31 bits per heavy atom. The Bertz CT molecular complexity index is 1450. The highest BCUT2D eigenvalue weighted by molar-refractivity contribution is 7.89. The number of benzene rings is 2. The standard InChI is InChI=1S/C25H26FN5O4S/c1-25(23-14-28-16-30(23)2,19-9-8-17(13-27)22(26)11-19)29-24(33)18-5-4-10-31(15-18)36(34,35)21-7-3-6-20(32)12-21/h3,6-9,11-12,14,16,18,32H,4-5,10,15H2,1-2H3,(H,29,33). The number of hydrogen-bond acceptors (Lipinski definition) is 6. The molecular weight excluding hydrogens is 485 g/mol. The molecule has 2 aromatic carbocycles. The Hall–Kier alpha value is -3.75. The highest BCUT2D eigenvalue weighted by Gasteiger charge is 2.39. The van der Waals surface area contributed by atoms with Crippen molar-refractivity contribution in [2.75, 3.05) is 13.1 Å². The van der Waals surface area contributed by atoms with Crippen molar-refractivity contribution in [3.8, 4) is 11.8 Å². The zero-order valence-electron chi connectivity index (χ0n) is 19.8. The maximum Gasteiger partial charge on any atom is 0.243 e. The largest absolute Gasteiger partial charge is 0.508 e. The molecule has 0 bridgehead atoms. The summed E-state index contributed by atoms with van der Waals surface area (Å²) in [7, 11) is -2.16. The van der Waals surface area contributed by atoms with Crippen LogP contribution in [0.2, 0.25) is 0 Å². The van der Waals surface area contributed by atoms with E-state index in [1.807, 2.05) is 0 Å². The number of halogens is 1. The minimum atomic E-state index is -3.91. The van der Waals surface area contributed by atoms with Gasteiger partial charge in [0.25, 0.3) is 0 Å². The van der Waals surface area contributed by atoms with Crippen LogP contribution in [0.5, 0.6) is 5.75 Å². The second-order valence-corrected chi connectivity index (χ2v) is 10.9. The Labute approximate surface area is 208 Å². The van der Waals surface area contributed by atoms with Gasteiger partial charge in [-0.1, -0.05) is 12.1 Å². The third kappa shape index (κ3) is 4.69. The molecule has 1 amide bonds. The molecule has 0 saturated carbocycles. The minimum absolute atomic E-state index is 0.0347. The average Bonchev–Trinajstić information content (AvgIpc) is 3.30. The molecule has 0 spiro atoms. The predicted octanol–water partition coefficient (Wildman–Crippen LogP) is 2.62. The first-order valence-electron chi connectivity index (χ1n) is 11.3. The van der Waals surface area contributed by atoms with Crippen LogP contribution in [-0.2, 0) is 27.4 Å². The molecular formula is C25H26FN5O4S. The van der Waals surface area contributed by atoms with E-state index in [2.05, 4.69) is 10.3 Å². The van der Waals surface area contributed by atoms with E-state index in [1.54, 1.807) is 43.2 Å². The fourth-order valence-corrected chi connectivity index (χ4v) is 6.12. The molecule has 1 aliphatic heterocycles. The van der Waals surface area contributed by atoms with Crippen molar-refractivity contribution in [3.05, 3.63) is 77.6 Å². The van der Waals surface area contributed by atoms with Crippen molar-refractivity contribution in [2.45, 2.75) is 30.2 Å². The zero-order chi connectivity index (χ0) is 26.1. The number of aryl methyl sites for hydroxylation is 1. The van der Waals surface area contributed by atoms with Gasteiger partial charge in [-0.05, 0) is 55.7 Å². The molecule has 188 valence electrons. The van der Waals surface area contributed by atoms with Crippen molar-refractivity contribution < 1.29 is 22.7 Å². The summed E-state index contributed by atoms with van der Waals surface area (Å²) in [5.74, 6) is -1.91. The number of phenols is 1. The van der Waals surface area contributed by atoms with E-state index in [-0.39, 0.29) is 35.2 Å². The number of imidazole rings is 1. The van der Waals surface area contributed by atoms with Gasteiger partial charge in [-0.15, -0.1) is 0 Å². The number of aromatic hydroxyl groups is 1. The Morgan fingerprint density at radius 3 is 2.72 bits per heavy atom. The number of aromatic nitrogens is 2. The first-order valence-corrected chi connectivity index (χ1v) is 12.8. The van der Waals surface area contributed by atoms with Crippen molar-refractivity contribution in [1.82, 2.24) is 19.2 Å². The molecule has 1 aromatic heterocycles. The molecule has 1 aliphatic rings. The zero-order valence-corrected chi connectivity index (χ0v) is 20.7. The Balaban J connectivity index is 1.63. The van der Waals surface area contributed by atoms with E-state index >= 15 is 0 Å². The van der Waals surface area contributed by atoms with E-state index < -0.39 is 27.3 Å². The number of nitrogens with zero attached hydrogens (tertiary/aromatic N) is 4. The second-order valence-electron chi connectivity index (χ2n) is 9.01. The van der Waals surface area contributed by atoms with Crippen LogP contribution in [0.3, 0.4) is 0 Å². The van der Waals surface area contributed by atoms with Gasteiger partial charge in [0.15, 0.2) is 0 Å². The monoisotopic (exact) mass is 511 g/mol. The number of carbonyl (C=O) groups is 1. The number of hydrogen-bond donors (Lipinski definition) is 2. The van der Waals surface area contributed by atoms with Crippen LogP contribution in [0.25, 0.3) is 0 Å². The van der Waals surface area contributed by atoms with Gasteiger partial charge in [-0.25, -0.2) is 17.8 Å². The summed E-state index contributed by atoms with van der Waals surface area (Å²) in [4.78, 5) is 17.6. The quantitative estimate of drug-likeness (QED) is 0.524. The molecule has 0 radical (unpaired) electrons. The second kappa shape index (κ2) is 9.72. The molecule has 4 rings (SSSR count). The summed E-state index contributed by atoms with van der Waals surface area (Å²) < 4.78 is 43.8. The van der Waals surface area contributed by atoms with Gasteiger partial charge in [0.1, 0.15) is 23.2 Å². The summed E-state index contributed by atoms with van der Waals surface area (Å²) in [5.41, 5.74) is -0.322. The van der Waals surface area contributed by atoms with Gasteiger partial charge in [0, 0.05) is 20.1 Å². The van der Waals surface area contributed by atoms with Crippen LogP contribution < -0.4 is 5.32 Å². The fraction of sp³-hybridized carbons (Fsp3) is 0.320. The molecule has 1 saturated heterocycles. The maximum atomic E-state index is 14.5. The molecule has 36 heavy (non-hydrogen) atoms. The van der Waals surface area contributed by atoms with E-state index in [0.29, 0.717) is 24.1 Å². The molecule has 3 aromatic rings. The fourth-order valence-electron chi connectivity index (χ4n) is 4.56. The predicted molar refractivity (Wildman–Crippen MR) is 129 cm³/mol. The smallest absolute Gasteiger partial charge is 0.243 e. The molecule has 2 unspecified atom stereocenters. The molecule has 2 atom stereocenters. The van der Waals surface area contributed by atoms with Crippen LogP contribution in [0.15, 0.2) is 59.9 Å². The lowest BCUT2D eigenvalue weighted by Gasteiger charge is -2.36. The Kier molecular flexibility index (Phi) is 6.84. The lowest BCUT2D eigenvalue weighted by atomic mass is 9.86. The van der Waals surface area contributed by atoms with Crippen LogP contribution in [0.1, 0.15) is 36.6 Å². The number of amides is 1. The van der Waals surface area contributed by atoms with Crippen LogP contribution in [0.4, 0.5) is 4.39 Å².